The van der Waals surface area contributed by atoms with Crippen molar-refractivity contribution >= 4 is 28.6 Å². The van der Waals surface area contributed by atoms with Gasteiger partial charge in [-0.25, -0.2) is 9.78 Å². The molecule has 0 radical (unpaired) electrons. The highest BCUT2D eigenvalue weighted by molar-refractivity contribution is 7.11. The van der Waals surface area contributed by atoms with Crippen molar-refractivity contribution in [2.24, 2.45) is 0 Å². The lowest BCUT2D eigenvalue weighted by atomic mass is 10.1. The molecule has 30 heavy (non-hydrogen) atoms. The van der Waals surface area contributed by atoms with Gasteiger partial charge in [-0.2, -0.15) is 5.26 Å². The average Bonchev–Trinajstić information content (AvgIpc) is 3.24. The van der Waals surface area contributed by atoms with Crippen LogP contribution in [0.25, 0.3) is 16.8 Å². The van der Waals surface area contributed by atoms with E-state index in [1.54, 1.807) is 51.4 Å². The van der Waals surface area contributed by atoms with Crippen LogP contribution in [0.4, 0.5) is 5.69 Å². The Bertz CT molecular complexity index is 1100. The first kappa shape index (κ1) is 21.1. The number of allylic oxidation sites excluding steroid dienone is 1. The summed E-state index contributed by atoms with van der Waals surface area (Å²) in [5, 5.41) is 15.1. The molecule has 3 aromatic rings. The lowest BCUT2D eigenvalue weighted by Gasteiger charge is -2.08. The minimum Gasteiger partial charge on any atom is -0.497 e. The summed E-state index contributed by atoms with van der Waals surface area (Å²) < 4.78 is 10.4. The van der Waals surface area contributed by atoms with E-state index in [9.17, 15) is 10.1 Å². The second-order valence-corrected chi connectivity index (χ2v) is 7.47. The number of hydrogen-bond acceptors (Lipinski definition) is 7. The maximum atomic E-state index is 11.9. The van der Waals surface area contributed by atoms with Crippen molar-refractivity contribution in [2.45, 2.75) is 20.0 Å². The second kappa shape index (κ2) is 9.72. The molecule has 0 aliphatic rings. The third-order valence-electron chi connectivity index (χ3n) is 4.07. The van der Waals surface area contributed by atoms with Crippen LogP contribution >= 0.6 is 11.3 Å². The Labute approximate surface area is 179 Å². The summed E-state index contributed by atoms with van der Waals surface area (Å²) in [6.07, 6.45) is 1.44. The van der Waals surface area contributed by atoms with Gasteiger partial charge < -0.3 is 14.8 Å². The summed E-state index contributed by atoms with van der Waals surface area (Å²) in [5.41, 5.74) is 3.33. The molecule has 6 nitrogen and oxygen atoms in total. The van der Waals surface area contributed by atoms with E-state index < -0.39 is 0 Å². The van der Waals surface area contributed by atoms with Gasteiger partial charge in [-0.1, -0.05) is 12.1 Å². The molecule has 7 heteroatoms. The molecule has 0 saturated heterocycles. The van der Waals surface area contributed by atoms with E-state index in [-0.39, 0.29) is 12.1 Å². The third kappa shape index (κ3) is 5.25. The van der Waals surface area contributed by atoms with Gasteiger partial charge in [0, 0.05) is 22.8 Å². The molecule has 0 atom stereocenters. The molecule has 0 aliphatic heterocycles. The van der Waals surface area contributed by atoms with Crippen LogP contribution in [0.3, 0.4) is 0 Å². The molecule has 2 aromatic carbocycles. The summed E-state index contributed by atoms with van der Waals surface area (Å²) >= 11 is 1.39. The van der Waals surface area contributed by atoms with Crippen molar-refractivity contribution in [3.05, 3.63) is 70.7 Å². The lowest BCUT2D eigenvalue weighted by Crippen LogP contribution is -2.11. The number of rotatable bonds is 7. The molecule has 1 aromatic heterocycles. The van der Waals surface area contributed by atoms with Gasteiger partial charge in [-0.05, 0) is 50.2 Å². The first-order chi connectivity index (χ1) is 14.5. The molecule has 0 aliphatic carbocycles. The maximum Gasteiger partial charge on any atom is 0.338 e. The highest BCUT2D eigenvalue weighted by Gasteiger charge is 2.11. The quantitative estimate of drug-likeness (QED) is 0.410. The van der Waals surface area contributed by atoms with E-state index >= 15 is 0 Å². The van der Waals surface area contributed by atoms with Crippen LogP contribution in [0, 0.1) is 11.3 Å². The number of ether oxygens (including phenoxy) is 2. The predicted octanol–water partition coefficient (Wildman–Crippen LogP) is 5.36. The van der Waals surface area contributed by atoms with Crippen LogP contribution < -0.4 is 10.1 Å². The normalized spacial score (nSPS) is 11.1. The van der Waals surface area contributed by atoms with E-state index in [4.69, 9.17) is 9.47 Å². The number of nitrogens with one attached hydrogen (secondary N) is 1. The molecule has 1 heterocycles. The van der Waals surface area contributed by atoms with Crippen LogP contribution in [0.1, 0.15) is 29.2 Å². The van der Waals surface area contributed by atoms with Crippen LogP contribution in [-0.2, 0) is 4.74 Å². The fraction of sp³-hybridized carbons (Fsp3) is 0.174. The summed E-state index contributed by atoms with van der Waals surface area (Å²) in [5.74, 6) is 0.387. The monoisotopic (exact) mass is 419 g/mol. The zero-order chi connectivity index (χ0) is 21.5. The van der Waals surface area contributed by atoms with Gasteiger partial charge >= 0.3 is 5.97 Å². The van der Waals surface area contributed by atoms with Gasteiger partial charge in [0.2, 0.25) is 0 Å². The molecule has 0 spiro atoms. The summed E-state index contributed by atoms with van der Waals surface area (Å²) in [6, 6.07) is 16.7. The number of nitrogens with zero attached hydrogens (tertiary/aromatic N) is 2. The standard InChI is InChI=1S/C23H21N3O3S/c1-15(2)29-23(27)16-7-9-19(10-8-16)25-13-18(12-24)22-26-21(14-30-22)17-5-4-6-20(11-17)28-3/h4-11,13-15,25H,1-3H3/b18-13+. The highest BCUT2D eigenvalue weighted by atomic mass is 32.1. The smallest absolute Gasteiger partial charge is 0.338 e. The van der Waals surface area contributed by atoms with Crippen molar-refractivity contribution in [3.8, 4) is 23.1 Å². The molecular formula is C23H21N3O3S. The molecular weight excluding hydrogens is 398 g/mol. The Hall–Kier alpha value is -3.63. The molecule has 3 rings (SSSR count). The topological polar surface area (TPSA) is 84.2 Å². The van der Waals surface area contributed by atoms with Gasteiger partial charge in [0.25, 0.3) is 0 Å². The Morgan fingerprint density at radius 2 is 2.00 bits per heavy atom. The number of benzene rings is 2. The number of carbonyl (C=O) groups excluding carboxylic acids is 1. The zero-order valence-electron chi connectivity index (χ0n) is 16.9. The van der Waals surface area contributed by atoms with E-state index in [0.717, 1.165) is 22.7 Å². The number of aromatic nitrogens is 1. The number of esters is 1. The molecule has 0 fully saturated rings. The van der Waals surface area contributed by atoms with E-state index in [0.29, 0.717) is 16.1 Å². The largest absolute Gasteiger partial charge is 0.497 e. The maximum absolute atomic E-state index is 11.9. The number of nitriles is 1. The highest BCUT2D eigenvalue weighted by Crippen LogP contribution is 2.28. The van der Waals surface area contributed by atoms with Crippen LogP contribution in [0.15, 0.2) is 60.1 Å². The summed E-state index contributed by atoms with van der Waals surface area (Å²) in [6.45, 7) is 3.61. The zero-order valence-corrected chi connectivity index (χ0v) is 17.7. The lowest BCUT2D eigenvalue weighted by molar-refractivity contribution is 0.0378. The van der Waals surface area contributed by atoms with E-state index in [2.05, 4.69) is 16.4 Å². The average molecular weight is 420 g/mol. The summed E-state index contributed by atoms with van der Waals surface area (Å²) in [4.78, 5) is 16.5. The predicted molar refractivity (Wildman–Crippen MR) is 118 cm³/mol. The minimum atomic E-state index is -0.363. The van der Waals surface area contributed by atoms with Crippen LogP contribution in [0.2, 0.25) is 0 Å². The Morgan fingerprint density at radius 1 is 1.23 bits per heavy atom. The first-order valence-electron chi connectivity index (χ1n) is 9.28. The van der Waals surface area contributed by atoms with Crippen molar-refractivity contribution in [1.29, 1.82) is 5.26 Å². The van der Waals surface area contributed by atoms with E-state index in [1.807, 2.05) is 29.6 Å². The van der Waals surface area contributed by atoms with Crippen LogP contribution in [-0.4, -0.2) is 24.2 Å². The number of carbonyl (C=O) groups is 1. The fourth-order valence-electron chi connectivity index (χ4n) is 2.59. The fourth-order valence-corrected chi connectivity index (χ4v) is 3.39. The SMILES string of the molecule is COc1cccc(-c2csc(/C(C#N)=C/Nc3ccc(C(=O)OC(C)C)cc3)n2)c1. The molecule has 0 unspecified atom stereocenters. The Morgan fingerprint density at radius 3 is 2.67 bits per heavy atom. The number of methoxy groups -OCH3 is 1. The van der Waals surface area contributed by atoms with Crippen molar-refractivity contribution < 1.29 is 14.3 Å². The van der Waals surface area contributed by atoms with Gasteiger partial charge in [0.1, 0.15) is 22.4 Å². The van der Waals surface area contributed by atoms with Gasteiger partial charge in [-0.15, -0.1) is 11.3 Å². The van der Waals surface area contributed by atoms with E-state index in [1.165, 1.54) is 11.3 Å². The molecule has 152 valence electrons. The van der Waals surface area contributed by atoms with Crippen LogP contribution in [0.5, 0.6) is 5.75 Å². The number of thiazole rings is 1. The summed E-state index contributed by atoms with van der Waals surface area (Å²) in [7, 11) is 1.62. The molecule has 0 saturated carbocycles. The Kier molecular flexibility index (Phi) is 6.83. The van der Waals surface area contributed by atoms with Gasteiger partial charge in [0.05, 0.1) is 24.5 Å². The van der Waals surface area contributed by atoms with Crippen molar-refractivity contribution in [3.63, 3.8) is 0 Å². The minimum absolute atomic E-state index is 0.170. The van der Waals surface area contributed by atoms with Crippen molar-refractivity contribution in [2.75, 3.05) is 12.4 Å². The van der Waals surface area contributed by atoms with Gasteiger partial charge in [-0.3, -0.25) is 0 Å². The van der Waals surface area contributed by atoms with Crippen molar-refractivity contribution in [1.82, 2.24) is 4.98 Å². The van der Waals surface area contributed by atoms with Gasteiger partial charge in [0.15, 0.2) is 0 Å². The molecule has 1 N–H and O–H groups in total. The molecule has 0 bridgehead atoms. The second-order valence-electron chi connectivity index (χ2n) is 6.62. The Balaban J connectivity index is 1.73. The molecule has 0 amide bonds. The first-order valence-corrected chi connectivity index (χ1v) is 10.2. The number of hydrogen-bond donors (Lipinski definition) is 1. The third-order valence-corrected chi connectivity index (χ3v) is 4.94. The number of anilines is 1.